The van der Waals surface area contributed by atoms with E-state index in [1.54, 1.807) is 11.8 Å². The second-order valence-corrected chi connectivity index (χ2v) is 6.28. The second-order valence-electron chi connectivity index (χ2n) is 4.58. The van der Waals surface area contributed by atoms with E-state index in [0.29, 0.717) is 12.2 Å². The SMILES string of the molecule is COc1ccc(Br)cc1C(O)Cc1c(Br)c(C)nn1C. The molecule has 1 aromatic carbocycles. The molecule has 1 unspecified atom stereocenters. The van der Waals surface area contributed by atoms with E-state index in [9.17, 15) is 5.11 Å². The van der Waals surface area contributed by atoms with Crippen molar-refractivity contribution >= 4 is 31.9 Å². The highest BCUT2D eigenvalue weighted by Gasteiger charge is 2.19. The van der Waals surface area contributed by atoms with Crippen molar-refractivity contribution in [2.75, 3.05) is 7.11 Å². The minimum absolute atomic E-state index is 0.463. The van der Waals surface area contributed by atoms with Crippen molar-refractivity contribution in [3.05, 3.63) is 44.1 Å². The fourth-order valence-corrected chi connectivity index (χ4v) is 3.04. The van der Waals surface area contributed by atoms with Crippen LogP contribution in [-0.2, 0) is 13.5 Å². The molecular weight excluding hydrogens is 388 g/mol. The first-order valence-electron chi connectivity index (χ1n) is 6.13. The molecule has 0 fully saturated rings. The Morgan fingerprint density at radius 1 is 1.40 bits per heavy atom. The van der Waals surface area contributed by atoms with Gasteiger partial charge in [0.05, 0.1) is 29.1 Å². The number of nitrogens with zero attached hydrogens (tertiary/aromatic N) is 2. The Bertz CT molecular complexity index is 626. The molecule has 0 aliphatic heterocycles. The Labute approximate surface area is 135 Å². The molecule has 2 aromatic rings. The first kappa shape index (κ1) is 15.5. The molecule has 0 spiro atoms. The highest BCUT2D eigenvalue weighted by atomic mass is 79.9. The van der Waals surface area contributed by atoms with Crippen molar-refractivity contribution < 1.29 is 9.84 Å². The molecule has 1 atom stereocenters. The minimum Gasteiger partial charge on any atom is -0.496 e. The Kier molecular flexibility index (Phi) is 4.88. The molecule has 1 N–H and O–H groups in total. The van der Waals surface area contributed by atoms with Crippen LogP contribution >= 0.6 is 31.9 Å². The van der Waals surface area contributed by atoms with Crippen LogP contribution in [0.1, 0.15) is 23.1 Å². The Balaban J connectivity index is 2.32. The third-order valence-electron chi connectivity index (χ3n) is 3.20. The van der Waals surface area contributed by atoms with Gasteiger partial charge in [-0.25, -0.2) is 0 Å². The third-order valence-corrected chi connectivity index (χ3v) is 4.72. The van der Waals surface area contributed by atoms with E-state index in [0.717, 1.165) is 25.9 Å². The number of hydrogen-bond acceptors (Lipinski definition) is 3. The van der Waals surface area contributed by atoms with Crippen molar-refractivity contribution in [1.82, 2.24) is 9.78 Å². The Morgan fingerprint density at radius 3 is 2.65 bits per heavy atom. The fourth-order valence-electron chi connectivity index (χ4n) is 2.16. The summed E-state index contributed by atoms with van der Waals surface area (Å²) < 4.78 is 8.94. The van der Waals surface area contributed by atoms with Gasteiger partial charge >= 0.3 is 0 Å². The van der Waals surface area contributed by atoms with Crippen LogP contribution in [0.15, 0.2) is 27.1 Å². The summed E-state index contributed by atoms with van der Waals surface area (Å²) in [6.07, 6.45) is -0.196. The highest BCUT2D eigenvalue weighted by Crippen LogP contribution is 2.32. The predicted molar refractivity (Wildman–Crippen MR) is 85.0 cm³/mol. The Morgan fingerprint density at radius 2 is 2.10 bits per heavy atom. The lowest BCUT2D eigenvalue weighted by Crippen LogP contribution is -2.08. The zero-order valence-electron chi connectivity index (χ0n) is 11.5. The number of hydrogen-bond donors (Lipinski definition) is 1. The third kappa shape index (κ3) is 3.07. The summed E-state index contributed by atoms with van der Waals surface area (Å²) in [6, 6.07) is 5.60. The molecule has 0 amide bonds. The average molecular weight is 404 g/mol. The van der Waals surface area contributed by atoms with E-state index in [4.69, 9.17) is 4.74 Å². The van der Waals surface area contributed by atoms with Crippen molar-refractivity contribution in [2.24, 2.45) is 7.05 Å². The summed E-state index contributed by atoms with van der Waals surface area (Å²) >= 11 is 6.94. The molecule has 0 radical (unpaired) electrons. The van der Waals surface area contributed by atoms with Crippen LogP contribution < -0.4 is 4.74 Å². The largest absolute Gasteiger partial charge is 0.496 e. The lowest BCUT2D eigenvalue weighted by molar-refractivity contribution is 0.171. The maximum absolute atomic E-state index is 10.5. The Hall–Kier alpha value is -0.850. The second kappa shape index (κ2) is 6.28. The van der Waals surface area contributed by atoms with E-state index in [2.05, 4.69) is 37.0 Å². The zero-order valence-corrected chi connectivity index (χ0v) is 14.7. The van der Waals surface area contributed by atoms with Gasteiger partial charge in [-0.15, -0.1) is 0 Å². The lowest BCUT2D eigenvalue weighted by Gasteiger charge is -2.15. The lowest BCUT2D eigenvalue weighted by atomic mass is 10.0. The number of rotatable bonds is 4. The molecule has 1 aromatic heterocycles. The van der Waals surface area contributed by atoms with Gasteiger partial charge in [-0.05, 0) is 41.1 Å². The molecule has 0 aliphatic carbocycles. The van der Waals surface area contributed by atoms with E-state index >= 15 is 0 Å². The molecule has 2 rings (SSSR count). The van der Waals surface area contributed by atoms with Crippen LogP contribution in [0, 0.1) is 6.92 Å². The van der Waals surface area contributed by atoms with Gasteiger partial charge in [0.15, 0.2) is 0 Å². The van der Waals surface area contributed by atoms with Gasteiger partial charge < -0.3 is 9.84 Å². The summed E-state index contributed by atoms with van der Waals surface area (Å²) in [6.45, 7) is 1.93. The number of methoxy groups -OCH3 is 1. The normalized spacial score (nSPS) is 12.5. The van der Waals surface area contributed by atoms with Gasteiger partial charge in [0.1, 0.15) is 5.75 Å². The van der Waals surface area contributed by atoms with Gasteiger partial charge in [0, 0.05) is 23.5 Å². The van der Waals surface area contributed by atoms with Gasteiger partial charge in [-0.2, -0.15) is 5.10 Å². The van der Waals surface area contributed by atoms with Crippen molar-refractivity contribution in [1.29, 1.82) is 0 Å². The van der Waals surface area contributed by atoms with Crippen molar-refractivity contribution in [3.8, 4) is 5.75 Å². The first-order chi connectivity index (χ1) is 9.43. The van der Waals surface area contributed by atoms with Crippen LogP contribution in [0.4, 0.5) is 0 Å². The number of ether oxygens (including phenoxy) is 1. The van der Waals surface area contributed by atoms with E-state index in [-0.39, 0.29) is 0 Å². The van der Waals surface area contributed by atoms with Gasteiger partial charge in [0.2, 0.25) is 0 Å². The number of aryl methyl sites for hydroxylation is 2. The summed E-state index contributed by atoms with van der Waals surface area (Å²) in [5.41, 5.74) is 2.63. The topological polar surface area (TPSA) is 47.3 Å². The minimum atomic E-state index is -0.659. The maximum atomic E-state index is 10.5. The number of halogens is 2. The molecular formula is C14H16Br2N2O2. The molecule has 0 aliphatic rings. The summed E-state index contributed by atoms with van der Waals surface area (Å²) in [4.78, 5) is 0. The summed E-state index contributed by atoms with van der Waals surface area (Å²) in [7, 11) is 3.47. The van der Waals surface area contributed by atoms with Crippen LogP contribution in [0.2, 0.25) is 0 Å². The zero-order chi connectivity index (χ0) is 14.9. The van der Waals surface area contributed by atoms with E-state index in [1.165, 1.54) is 0 Å². The van der Waals surface area contributed by atoms with Crippen LogP contribution in [0.3, 0.4) is 0 Å². The maximum Gasteiger partial charge on any atom is 0.124 e. The highest BCUT2D eigenvalue weighted by molar-refractivity contribution is 9.10. The number of aromatic nitrogens is 2. The van der Waals surface area contributed by atoms with Gasteiger partial charge in [-0.1, -0.05) is 15.9 Å². The number of aliphatic hydroxyl groups excluding tert-OH is 1. The summed E-state index contributed by atoms with van der Waals surface area (Å²) in [5.74, 6) is 0.677. The molecule has 108 valence electrons. The molecule has 0 saturated carbocycles. The van der Waals surface area contributed by atoms with Crippen LogP contribution in [-0.4, -0.2) is 22.0 Å². The number of aliphatic hydroxyl groups is 1. The summed E-state index contributed by atoms with van der Waals surface area (Å²) in [5, 5.41) is 14.8. The van der Waals surface area contributed by atoms with Crippen molar-refractivity contribution in [2.45, 2.75) is 19.4 Å². The molecule has 0 bridgehead atoms. The molecule has 0 saturated heterocycles. The quantitative estimate of drug-likeness (QED) is 0.849. The standard InChI is InChI=1S/C14H16Br2N2O2/c1-8-14(16)11(18(2)17-8)7-12(19)10-6-9(15)4-5-13(10)20-3/h4-6,12,19H,7H2,1-3H3. The first-order valence-corrected chi connectivity index (χ1v) is 7.72. The van der Waals surface area contributed by atoms with E-state index < -0.39 is 6.10 Å². The fraction of sp³-hybridized carbons (Fsp3) is 0.357. The number of benzene rings is 1. The molecule has 1 heterocycles. The van der Waals surface area contributed by atoms with Crippen LogP contribution in [0.25, 0.3) is 0 Å². The van der Waals surface area contributed by atoms with Crippen molar-refractivity contribution in [3.63, 3.8) is 0 Å². The monoisotopic (exact) mass is 402 g/mol. The van der Waals surface area contributed by atoms with E-state index in [1.807, 2.05) is 32.2 Å². The molecule has 6 heteroatoms. The van der Waals surface area contributed by atoms with Crippen LogP contribution in [0.5, 0.6) is 5.75 Å². The molecule has 20 heavy (non-hydrogen) atoms. The predicted octanol–water partition coefficient (Wildman–Crippen LogP) is 3.54. The molecule has 4 nitrogen and oxygen atoms in total. The van der Waals surface area contributed by atoms with Gasteiger partial charge in [0.25, 0.3) is 0 Å². The average Bonchev–Trinajstić information content (AvgIpc) is 2.65. The smallest absolute Gasteiger partial charge is 0.124 e. The van der Waals surface area contributed by atoms with Gasteiger partial charge in [-0.3, -0.25) is 4.68 Å².